The van der Waals surface area contributed by atoms with E-state index in [1.807, 2.05) is 0 Å². The van der Waals surface area contributed by atoms with Crippen LogP contribution in [0.2, 0.25) is 0 Å². The molecule has 0 bridgehead atoms. The normalized spacial score (nSPS) is 10.0. The highest BCUT2D eigenvalue weighted by Crippen LogP contribution is 2.23. The van der Waals surface area contributed by atoms with E-state index in [9.17, 15) is 4.79 Å². The van der Waals surface area contributed by atoms with Crippen LogP contribution in [0.15, 0.2) is 18.2 Å². The molecule has 1 aromatic carbocycles. The van der Waals surface area contributed by atoms with E-state index in [0.29, 0.717) is 16.9 Å². The molecule has 0 radical (unpaired) electrons. The zero-order valence-corrected chi connectivity index (χ0v) is 10.0. The van der Waals surface area contributed by atoms with Crippen molar-refractivity contribution in [2.45, 2.75) is 0 Å². The fraction of sp³-hybridized carbons (Fsp3) is 0.364. The van der Waals surface area contributed by atoms with Gasteiger partial charge in [-0.3, -0.25) is 14.7 Å². The van der Waals surface area contributed by atoms with Crippen molar-refractivity contribution in [2.24, 2.45) is 0 Å². The Kier molecular flexibility index (Phi) is 3.73. The van der Waals surface area contributed by atoms with Gasteiger partial charge in [-0.15, -0.1) is 0 Å². The minimum Gasteiger partial charge on any atom is -0.399 e. The predicted molar refractivity (Wildman–Crippen MR) is 64.3 cm³/mol. The lowest BCUT2D eigenvalue weighted by Crippen LogP contribution is -2.25. The van der Waals surface area contributed by atoms with E-state index in [1.165, 1.54) is 17.1 Å². The van der Waals surface area contributed by atoms with E-state index in [1.54, 1.807) is 39.3 Å². The van der Waals surface area contributed by atoms with Crippen LogP contribution in [0.3, 0.4) is 0 Å². The van der Waals surface area contributed by atoms with Gasteiger partial charge in [-0.25, -0.2) is 0 Å². The Morgan fingerprint density at radius 3 is 2.44 bits per heavy atom. The molecule has 5 nitrogen and oxygen atoms in total. The Morgan fingerprint density at radius 2 is 1.94 bits per heavy atom. The van der Waals surface area contributed by atoms with Crippen molar-refractivity contribution in [3.63, 3.8) is 0 Å². The molecule has 0 spiro atoms. The summed E-state index contributed by atoms with van der Waals surface area (Å²) >= 11 is 0. The van der Waals surface area contributed by atoms with Crippen LogP contribution in [0.5, 0.6) is 0 Å². The lowest BCUT2D eigenvalue weighted by molar-refractivity contribution is 0.0825. The van der Waals surface area contributed by atoms with Gasteiger partial charge in [-0.2, -0.15) is 0 Å². The molecular weight excluding hydrogens is 206 g/mol. The number of carbonyl (C=O) groups is 1. The Morgan fingerprint density at radius 1 is 1.31 bits per heavy atom. The average molecular weight is 223 g/mol. The molecule has 0 atom stereocenters. The van der Waals surface area contributed by atoms with Crippen molar-refractivity contribution in [3.8, 4) is 0 Å². The quantitative estimate of drug-likeness (QED) is 0.612. The number of rotatable bonds is 3. The maximum Gasteiger partial charge on any atom is 0.255 e. The van der Waals surface area contributed by atoms with Crippen LogP contribution in [0.1, 0.15) is 10.4 Å². The molecule has 2 N–H and O–H groups in total. The summed E-state index contributed by atoms with van der Waals surface area (Å²) in [5.74, 6) is -0.0844. The van der Waals surface area contributed by atoms with Gasteiger partial charge in [0.25, 0.3) is 5.91 Å². The first kappa shape index (κ1) is 12.3. The number of amides is 1. The van der Waals surface area contributed by atoms with Gasteiger partial charge in [-0.05, 0) is 18.2 Å². The third kappa shape index (κ3) is 2.43. The van der Waals surface area contributed by atoms with Crippen LogP contribution >= 0.6 is 0 Å². The lowest BCUT2D eigenvalue weighted by atomic mass is 10.1. The molecule has 0 saturated heterocycles. The molecule has 0 aromatic heterocycles. The topological polar surface area (TPSA) is 58.8 Å². The van der Waals surface area contributed by atoms with E-state index in [4.69, 9.17) is 10.6 Å². The van der Waals surface area contributed by atoms with E-state index in [2.05, 4.69) is 0 Å². The third-order valence-corrected chi connectivity index (χ3v) is 2.27. The zero-order chi connectivity index (χ0) is 12.3. The maximum absolute atomic E-state index is 11.9. The first-order chi connectivity index (χ1) is 7.47. The molecule has 5 heteroatoms. The molecule has 0 saturated carbocycles. The number of hydroxylamine groups is 1. The fourth-order valence-corrected chi connectivity index (χ4v) is 1.33. The Hall–Kier alpha value is -1.75. The van der Waals surface area contributed by atoms with Gasteiger partial charge in [0.1, 0.15) is 0 Å². The minimum absolute atomic E-state index is 0.0844. The summed E-state index contributed by atoms with van der Waals surface area (Å²) in [6.45, 7) is 0. The van der Waals surface area contributed by atoms with Crippen molar-refractivity contribution in [1.82, 2.24) is 4.90 Å². The van der Waals surface area contributed by atoms with Crippen molar-refractivity contribution in [2.75, 3.05) is 39.0 Å². The Balaban J connectivity index is 3.22. The second kappa shape index (κ2) is 4.85. The first-order valence-corrected chi connectivity index (χ1v) is 4.86. The van der Waals surface area contributed by atoms with Crippen molar-refractivity contribution >= 4 is 17.3 Å². The highest BCUT2D eigenvalue weighted by atomic mass is 16.7. The molecule has 0 aliphatic rings. The largest absolute Gasteiger partial charge is 0.399 e. The van der Waals surface area contributed by atoms with Crippen LogP contribution in [0, 0.1) is 0 Å². The summed E-state index contributed by atoms with van der Waals surface area (Å²) < 4.78 is 0. The maximum atomic E-state index is 11.9. The molecular formula is C11H17N3O2. The minimum atomic E-state index is -0.0844. The molecule has 1 aromatic rings. The third-order valence-electron chi connectivity index (χ3n) is 2.27. The second-order valence-electron chi connectivity index (χ2n) is 3.66. The molecule has 1 amide bonds. The smallest absolute Gasteiger partial charge is 0.255 e. The van der Waals surface area contributed by atoms with Crippen LogP contribution < -0.4 is 10.8 Å². The highest BCUT2D eigenvalue weighted by molar-refractivity contribution is 5.99. The van der Waals surface area contributed by atoms with Crippen LogP contribution in [0.4, 0.5) is 11.4 Å². The SMILES string of the molecule is CON(C)c1cc(N)ccc1C(=O)N(C)C. The number of nitrogen functional groups attached to an aromatic ring is 1. The number of hydrogen-bond acceptors (Lipinski definition) is 4. The monoisotopic (exact) mass is 223 g/mol. The number of benzene rings is 1. The fourth-order valence-electron chi connectivity index (χ4n) is 1.33. The van der Waals surface area contributed by atoms with Crippen molar-refractivity contribution < 1.29 is 9.63 Å². The molecule has 1 rings (SSSR count). The molecule has 0 unspecified atom stereocenters. The van der Waals surface area contributed by atoms with Crippen LogP contribution in [-0.2, 0) is 4.84 Å². The van der Waals surface area contributed by atoms with Crippen LogP contribution in [0.25, 0.3) is 0 Å². The number of anilines is 2. The molecule has 0 aliphatic carbocycles. The second-order valence-corrected chi connectivity index (χ2v) is 3.66. The number of nitrogens with two attached hydrogens (primary N) is 1. The van der Waals surface area contributed by atoms with E-state index < -0.39 is 0 Å². The summed E-state index contributed by atoms with van der Waals surface area (Å²) in [6, 6.07) is 5.10. The summed E-state index contributed by atoms with van der Waals surface area (Å²) in [6.07, 6.45) is 0. The van der Waals surface area contributed by atoms with E-state index in [0.717, 1.165) is 0 Å². The average Bonchev–Trinajstić information content (AvgIpc) is 2.26. The molecule has 88 valence electrons. The Labute approximate surface area is 95.3 Å². The van der Waals surface area contributed by atoms with Crippen molar-refractivity contribution in [3.05, 3.63) is 23.8 Å². The van der Waals surface area contributed by atoms with Gasteiger partial charge in [0, 0.05) is 26.8 Å². The molecule has 0 heterocycles. The highest BCUT2D eigenvalue weighted by Gasteiger charge is 2.16. The van der Waals surface area contributed by atoms with Gasteiger partial charge < -0.3 is 10.6 Å². The number of carbonyl (C=O) groups excluding carboxylic acids is 1. The number of hydrogen-bond donors (Lipinski definition) is 1. The first-order valence-electron chi connectivity index (χ1n) is 4.86. The van der Waals surface area contributed by atoms with Crippen LogP contribution in [-0.4, -0.2) is 39.1 Å². The lowest BCUT2D eigenvalue weighted by Gasteiger charge is -2.21. The standard InChI is InChI=1S/C11H17N3O2/c1-13(2)11(15)9-6-5-8(12)7-10(9)14(3)16-4/h5-7H,12H2,1-4H3. The van der Waals surface area contributed by atoms with Crippen molar-refractivity contribution in [1.29, 1.82) is 0 Å². The Bertz CT molecular complexity index is 391. The molecule has 0 aliphatic heterocycles. The van der Waals surface area contributed by atoms with Gasteiger partial charge in [0.2, 0.25) is 0 Å². The summed E-state index contributed by atoms with van der Waals surface area (Å²) in [7, 11) is 6.67. The summed E-state index contributed by atoms with van der Waals surface area (Å²) in [4.78, 5) is 18.5. The zero-order valence-electron chi connectivity index (χ0n) is 10.0. The molecule has 16 heavy (non-hydrogen) atoms. The summed E-state index contributed by atoms with van der Waals surface area (Å²) in [5.41, 5.74) is 7.49. The molecule has 0 fully saturated rings. The van der Waals surface area contributed by atoms with Gasteiger partial charge in [0.15, 0.2) is 0 Å². The van der Waals surface area contributed by atoms with Gasteiger partial charge in [0.05, 0.1) is 18.4 Å². The van der Waals surface area contributed by atoms with E-state index >= 15 is 0 Å². The van der Waals surface area contributed by atoms with Gasteiger partial charge in [-0.1, -0.05) is 0 Å². The van der Waals surface area contributed by atoms with E-state index in [-0.39, 0.29) is 5.91 Å². The summed E-state index contributed by atoms with van der Waals surface area (Å²) in [5, 5.41) is 1.51. The predicted octanol–water partition coefficient (Wildman–Crippen LogP) is 0.968. The number of nitrogens with zero attached hydrogens (tertiary/aromatic N) is 2. The van der Waals surface area contributed by atoms with Gasteiger partial charge >= 0.3 is 0 Å².